The van der Waals surface area contributed by atoms with Crippen molar-refractivity contribution < 1.29 is 9.13 Å². The van der Waals surface area contributed by atoms with Gasteiger partial charge in [0.1, 0.15) is 18.0 Å². The topological polar surface area (TPSA) is 21.3 Å². The molecule has 2 unspecified atom stereocenters. The number of rotatable bonds is 12. The lowest BCUT2D eigenvalue weighted by atomic mass is 9.91. The van der Waals surface area contributed by atoms with Crippen LogP contribution in [-0.2, 0) is 11.2 Å². The van der Waals surface area contributed by atoms with E-state index in [1.54, 1.807) is 6.08 Å². The first-order valence-electron chi connectivity index (χ1n) is 10.6. The summed E-state index contributed by atoms with van der Waals surface area (Å²) >= 11 is 0. The molecule has 1 aromatic rings. The minimum atomic E-state index is -1.40. The zero-order chi connectivity index (χ0) is 22.9. The molecule has 0 aliphatic heterocycles. The number of hydrogen-bond acceptors (Lipinski definition) is 2. The lowest BCUT2D eigenvalue weighted by Gasteiger charge is -2.21. The van der Waals surface area contributed by atoms with E-state index in [4.69, 9.17) is 11.2 Å². The van der Waals surface area contributed by atoms with Gasteiger partial charge in [0.15, 0.2) is 0 Å². The molecule has 0 fully saturated rings. The molecule has 0 saturated carbocycles. The van der Waals surface area contributed by atoms with Crippen LogP contribution >= 0.6 is 0 Å². The first-order valence-corrected chi connectivity index (χ1v) is 10.6. The third kappa shape index (κ3) is 8.91. The van der Waals surface area contributed by atoms with Crippen molar-refractivity contribution in [2.75, 3.05) is 13.2 Å². The number of ether oxygens (including phenoxy) is 1. The van der Waals surface area contributed by atoms with Gasteiger partial charge in [-0.3, -0.25) is 0 Å². The molecule has 0 aromatic heterocycles. The Morgan fingerprint density at radius 3 is 2.53 bits per heavy atom. The molecule has 0 amide bonds. The second-order valence-corrected chi connectivity index (χ2v) is 8.91. The molecule has 0 saturated heterocycles. The number of allylic oxidation sites excluding steroid dienone is 3. The van der Waals surface area contributed by atoms with Crippen LogP contribution in [-0.4, -0.2) is 18.8 Å². The first kappa shape index (κ1) is 25.6. The molecule has 0 spiro atoms. The number of hydrogen-bond donors (Lipinski definition) is 1. The lowest BCUT2D eigenvalue weighted by Crippen LogP contribution is -2.23. The maximum absolute atomic E-state index is 13.8. The SMILES string of the molecule is C#C/C=C(/OCC(C)(C)F)C(C)CCNC(=C)c1ccc(C)c(CC(C)C(=C)C)c1. The summed E-state index contributed by atoms with van der Waals surface area (Å²) in [6.07, 6.45) is 8.76. The smallest absolute Gasteiger partial charge is 0.139 e. The Morgan fingerprint density at radius 1 is 1.30 bits per heavy atom. The second-order valence-electron chi connectivity index (χ2n) is 8.91. The summed E-state index contributed by atoms with van der Waals surface area (Å²) in [4.78, 5) is 0. The third-order valence-corrected chi connectivity index (χ3v) is 5.27. The van der Waals surface area contributed by atoms with Crippen LogP contribution in [0.15, 0.2) is 48.8 Å². The van der Waals surface area contributed by atoms with E-state index in [1.807, 2.05) is 6.92 Å². The van der Waals surface area contributed by atoms with Gasteiger partial charge in [-0.15, -0.1) is 6.42 Å². The van der Waals surface area contributed by atoms with Gasteiger partial charge >= 0.3 is 0 Å². The first-order chi connectivity index (χ1) is 13.9. The van der Waals surface area contributed by atoms with E-state index < -0.39 is 5.67 Å². The Balaban J connectivity index is 2.68. The normalized spacial score (nSPS) is 13.9. The molecule has 164 valence electrons. The van der Waals surface area contributed by atoms with Crippen molar-refractivity contribution in [3.8, 4) is 12.3 Å². The average Bonchev–Trinajstić information content (AvgIpc) is 2.65. The van der Waals surface area contributed by atoms with Gasteiger partial charge in [0.05, 0.1) is 0 Å². The molecule has 0 heterocycles. The summed E-state index contributed by atoms with van der Waals surface area (Å²) in [7, 11) is 0. The Kier molecular flexibility index (Phi) is 9.93. The predicted molar refractivity (Wildman–Crippen MR) is 128 cm³/mol. The molecule has 1 N–H and O–H groups in total. The largest absolute Gasteiger partial charge is 0.494 e. The Morgan fingerprint density at radius 2 is 1.97 bits per heavy atom. The molecule has 0 aliphatic carbocycles. The summed E-state index contributed by atoms with van der Waals surface area (Å²) in [6.45, 7) is 20.4. The van der Waals surface area contributed by atoms with Crippen LogP contribution in [0, 0.1) is 31.1 Å². The number of aryl methyl sites for hydroxylation is 1. The fourth-order valence-electron chi connectivity index (χ4n) is 2.93. The van der Waals surface area contributed by atoms with Crippen molar-refractivity contribution in [3.63, 3.8) is 0 Å². The van der Waals surface area contributed by atoms with Crippen molar-refractivity contribution in [2.45, 2.75) is 60.1 Å². The molecule has 30 heavy (non-hydrogen) atoms. The van der Waals surface area contributed by atoms with Crippen LogP contribution in [0.4, 0.5) is 4.39 Å². The Hall–Kier alpha value is -2.47. The second kappa shape index (κ2) is 11.6. The summed E-state index contributed by atoms with van der Waals surface area (Å²) in [5.41, 5.74) is 4.38. The average molecular weight is 412 g/mol. The molecular formula is C27H38FNO. The van der Waals surface area contributed by atoms with Gasteiger partial charge in [0, 0.05) is 24.2 Å². The van der Waals surface area contributed by atoms with Crippen molar-refractivity contribution in [2.24, 2.45) is 11.8 Å². The maximum Gasteiger partial charge on any atom is 0.139 e. The third-order valence-electron chi connectivity index (χ3n) is 5.27. The van der Waals surface area contributed by atoms with Gasteiger partial charge < -0.3 is 10.1 Å². The summed E-state index contributed by atoms with van der Waals surface area (Å²) in [5, 5.41) is 3.40. The van der Waals surface area contributed by atoms with Crippen LogP contribution in [0.2, 0.25) is 0 Å². The van der Waals surface area contributed by atoms with E-state index in [9.17, 15) is 4.39 Å². The van der Waals surface area contributed by atoms with Crippen LogP contribution in [0.25, 0.3) is 5.70 Å². The number of benzene rings is 1. The number of halogens is 1. The van der Waals surface area contributed by atoms with E-state index >= 15 is 0 Å². The van der Waals surface area contributed by atoms with E-state index in [0.717, 1.165) is 30.6 Å². The van der Waals surface area contributed by atoms with Crippen LogP contribution in [0.3, 0.4) is 0 Å². The van der Waals surface area contributed by atoms with E-state index in [1.165, 1.54) is 30.5 Å². The highest BCUT2D eigenvalue weighted by atomic mass is 19.1. The quantitative estimate of drug-likeness (QED) is 0.237. The predicted octanol–water partition coefficient (Wildman–Crippen LogP) is 6.62. The van der Waals surface area contributed by atoms with Crippen LogP contribution in [0.1, 0.15) is 57.7 Å². The molecule has 0 radical (unpaired) electrons. The van der Waals surface area contributed by atoms with Crippen molar-refractivity contribution in [3.05, 3.63) is 65.5 Å². The van der Waals surface area contributed by atoms with Gasteiger partial charge in [-0.2, -0.15) is 0 Å². The molecule has 1 rings (SSSR count). The molecule has 1 aromatic carbocycles. The van der Waals surface area contributed by atoms with E-state index in [0.29, 0.717) is 11.7 Å². The minimum absolute atomic E-state index is 0.0141. The zero-order valence-electron chi connectivity index (χ0n) is 19.6. The highest BCUT2D eigenvalue weighted by Crippen LogP contribution is 2.22. The Labute approximate surface area is 183 Å². The molecule has 0 bridgehead atoms. The summed E-state index contributed by atoms with van der Waals surface area (Å²) in [5.74, 6) is 3.65. The number of nitrogens with one attached hydrogen (secondary N) is 1. The Bertz CT molecular complexity index is 807. The van der Waals surface area contributed by atoms with Crippen LogP contribution in [0.5, 0.6) is 0 Å². The van der Waals surface area contributed by atoms with Crippen molar-refractivity contribution >= 4 is 5.70 Å². The lowest BCUT2D eigenvalue weighted by molar-refractivity contribution is 0.0641. The standard InChI is InChI=1S/C27H38FNO/c1-10-11-26(30-18-27(8,9)28)21(5)14-15-29-23(7)24-13-12-20(4)25(17-24)16-22(6)19(2)3/h1,11-13,17,21-22,29H,2,7,14-16,18H2,3-6,8-9H3/b26-11+. The maximum atomic E-state index is 13.8. The summed E-state index contributed by atoms with van der Waals surface area (Å²) in [6, 6.07) is 6.45. The highest BCUT2D eigenvalue weighted by Gasteiger charge is 2.19. The minimum Gasteiger partial charge on any atom is -0.494 e. The molecule has 2 atom stereocenters. The van der Waals surface area contributed by atoms with E-state index in [2.05, 4.69) is 63.4 Å². The van der Waals surface area contributed by atoms with Gasteiger partial charge in [-0.25, -0.2) is 4.39 Å². The molecular weight excluding hydrogens is 373 g/mol. The number of terminal acetylenes is 1. The van der Waals surface area contributed by atoms with Gasteiger partial charge in [0.25, 0.3) is 0 Å². The van der Waals surface area contributed by atoms with Gasteiger partial charge in [-0.05, 0) is 69.2 Å². The van der Waals surface area contributed by atoms with Crippen molar-refractivity contribution in [1.29, 1.82) is 0 Å². The highest BCUT2D eigenvalue weighted by molar-refractivity contribution is 5.62. The molecule has 2 nitrogen and oxygen atoms in total. The fourth-order valence-corrected chi connectivity index (χ4v) is 2.93. The van der Waals surface area contributed by atoms with E-state index in [-0.39, 0.29) is 12.5 Å². The van der Waals surface area contributed by atoms with Gasteiger partial charge in [-0.1, -0.05) is 50.6 Å². The summed E-state index contributed by atoms with van der Waals surface area (Å²) < 4.78 is 19.4. The van der Waals surface area contributed by atoms with Crippen molar-refractivity contribution in [1.82, 2.24) is 5.32 Å². The monoisotopic (exact) mass is 411 g/mol. The molecule has 0 aliphatic rings. The van der Waals surface area contributed by atoms with Gasteiger partial charge in [0.2, 0.25) is 0 Å². The zero-order valence-corrected chi connectivity index (χ0v) is 19.6. The van der Waals surface area contributed by atoms with Crippen LogP contribution < -0.4 is 5.32 Å². The fraction of sp³-hybridized carbons (Fsp3) is 0.481. The molecule has 3 heteroatoms. The number of alkyl halides is 1.